The molecule has 2 unspecified atom stereocenters. The smallest absolute Gasteiger partial charge is 0.131 e. The van der Waals surface area contributed by atoms with Gasteiger partial charge in [0.15, 0.2) is 0 Å². The number of thiophene rings is 1. The van der Waals surface area contributed by atoms with Crippen LogP contribution in [-0.2, 0) is 0 Å². The number of pyridine rings is 1. The minimum Gasteiger partial charge on any atom is -0.384 e. The van der Waals surface area contributed by atoms with Crippen LogP contribution in [0.15, 0.2) is 65.7 Å². The molecule has 2 aromatic heterocycles. The summed E-state index contributed by atoms with van der Waals surface area (Å²) < 4.78 is 14.4. The first-order valence-electron chi connectivity index (χ1n) is 8.00. The van der Waals surface area contributed by atoms with Gasteiger partial charge in [-0.05, 0) is 29.3 Å². The zero-order chi connectivity index (χ0) is 17.2. The molecule has 0 spiro atoms. The summed E-state index contributed by atoms with van der Waals surface area (Å²) in [7, 11) is 0. The number of halogens is 1. The van der Waals surface area contributed by atoms with Crippen molar-refractivity contribution in [1.29, 1.82) is 0 Å². The first kappa shape index (κ1) is 16.5. The van der Waals surface area contributed by atoms with Crippen molar-refractivity contribution >= 4 is 23.1 Å². The normalized spacial score (nSPS) is 17.8. The van der Waals surface area contributed by atoms with Crippen LogP contribution in [0.2, 0.25) is 0 Å². The lowest BCUT2D eigenvalue weighted by Crippen LogP contribution is -2.05. The van der Waals surface area contributed by atoms with E-state index in [1.54, 1.807) is 53.7 Å². The molecule has 0 fully saturated rings. The molecule has 2 atom stereocenters. The van der Waals surface area contributed by atoms with Gasteiger partial charge in [-0.3, -0.25) is 4.98 Å². The molecule has 1 N–H and O–H groups in total. The van der Waals surface area contributed by atoms with E-state index in [4.69, 9.17) is 0 Å². The molecule has 2 nitrogen and oxygen atoms in total. The molecule has 0 saturated heterocycles. The van der Waals surface area contributed by atoms with E-state index < -0.39 is 6.10 Å². The van der Waals surface area contributed by atoms with Gasteiger partial charge in [0, 0.05) is 44.8 Å². The van der Waals surface area contributed by atoms with Gasteiger partial charge in [-0.25, -0.2) is 4.39 Å². The van der Waals surface area contributed by atoms with Crippen LogP contribution in [0.25, 0.3) is 11.1 Å². The summed E-state index contributed by atoms with van der Waals surface area (Å²) in [5.74, 6) is -0.274. The largest absolute Gasteiger partial charge is 0.384 e. The predicted octanol–water partition coefficient (Wildman–Crippen LogP) is 5.72. The van der Waals surface area contributed by atoms with E-state index in [0.717, 1.165) is 28.0 Å². The minimum absolute atomic E-state index is 0.270. The third-order valence-electron chi connectivity index (χ3n) is 4.28. The van der Waals surface area contributed by atoms with Crippen molar-refractivity contribution in [2.75, 3.05) is 0 Å². The van der Waals surface area contributed by atoms with E-state index in [1.807, 2.05) is 17.5 Å². The molecular weight excluding hydrogens is 353 g/mol. The molecule has 0 saturated carbocycles. The molecule has 3 heterocycles. The molecule has 1 aliphatic rings. The van der Waals surface area contributed by atoms with E-state index in [1.165, 1.54) is 6.07 Å². The second kappa shape index (κ2) is 7.12. The van der Waals surface area contributed by atoms with Gasteiger partial charge < -0.3 is 5.11 Å². The molecule has 0 bridgehead atoms. The lowest BCUT2D eigenvalue weighted by molar-refractivity contribution is 0.220. The molecule has 0 aliphatic carbocycles. The van der Waals surface area contributed by atoms with E-state index in [2.05, 4.69) is 16.5 Å². The Hall–Kier alpha value is -1.95. The lowest BCUT2D eigenvalue weighted by atomic mass is 9.94. The number of hydrogen-bond donors (Lipinski definition) is 1. The number of aliphatic hydroxyl groups is 1. The highest BCUT2D eigenvalue weighted by Gasteiger charge is 2.28. The maximum absolute atomic E-state index is 14.4. The van der Waals surface area contributed by atoms with Crippen LogP contribution in [-0.4, -0.2) is 10.1 Å². The Balaban J connectivity index is 1.86. The number of thioether (sulfide) groups is 1. The number of rotatable bonds is 4. The number of allylic oxidation sites excluding steroid dienone is 1. The fourth-order valence-corrected chi connectivity index (χ4v) is 5.37. The molecular formula is C20H16FNOS2. The third kappa shape index (κ3) is 3.15. The first-order chi connectivity index (χ1) is 12.3. The Morgan fingerprint density at radius 1 is 1.16 bits per heavy atom. The van der Waals surface area contributed by atoms with Crippen molar-refractivity contribution in [2.24, 2.45) is 0 Å². The number of nitrogens with zero attached hydrogens (tertiary/aromatic N) is 1. The highest BCUT2D eigenvalue weighted by Crippen LogP contribution is 2.48. The van der Waals surface area contributed by atoms with Crippen LogP contribution >= 0.6 is 23.1 Å². The monoisotopic (exact) mass is 369 g/mol. The van der Waals surface area contributed by atoms with Crippen molar-refractivity contribution < 1.29 is 9.50 Å². The van der Waals surface area contributed by atoms with Gasteiger partial charge in [0.05, 0.1) is 0 Å². The summed E-state index contributed by atoms with van der Waals surface area (Å²) in [6, 6.07) is 10.4. The van der Waals surface area contributed by atoms with Gasteiger partial charge in [-0.15, -0.1) is 23.1 Å². The van der Waals surface area contributed by atoms with Crippen molar-refractivity contribution in [3.05, 3.63) is 87.5 Å². The summed E-state index contributed by atoms with van der Waals surface area (Å²) in [6.07, 6.45) is 5.58. The highest BCUT2D eigenvalue weighted by molar-refractivity contribution is 8.02. The van der Waals surface area contributed by atoms with Crippen LogP contribution in [0.5, 0.6) is 0 Å². The van der Waals surface area contributed by atoms with Gasteiger partial charge in [0.1, 0.15) is 11.9 Å². The van der Waals surface area contributed by atoms with Crippen molar-refractivity contribution in [2.45, 2.75) is 17.8 Å². The van der Waals surface area contributed by atoms with Crippen molar-refractivity contribution in [1.82, 2.24) is 4.98 Å². The Labute approximate surface area is 154 Å². The number of benzene rings is 1. The fraction of sp³-hybridized carbons (Fsp3) is 0.150. The Bertz CT molecular complexity index is 899. The topological polar surface area (TPSA) is 33.1 Å². The quantitative estimate of drug-likeness (QED) is 0.638. The molecule has 4 rings (SSSR count). The molecule has 5 heteroatoms. The zero-order valence-electron chi connectivity index (χ0n) is 13.3. The van der Waals surface area contributed by atoms with Gasteiger partial charge in [0.2, 0.25) is 0 Å². The molecule has 126 valence electrons. The average molecular weight is 369 g/mol. The molecule has 1 aromatic carbocycles. The second-order valence-electron chi connectivity index (χ2n) is 5.83. The first-order valence-corrected chi connectivity index (χ1v) is 9.82. The third-order valence-corrected chi connectivity index (χ3v) is 6.65. The van der Waals surface area contributed by atoms with E-state index in [0.29, 0.717) is 5.56 Å². The van der Waals surface area contributed by atoms with Crippen molar-refractivity contribution in [3.63, 3.8) is 0 Å². The van der Waals surface area contributed by atoms with Crippen LogP contribution in [0.4, 0.5) is 4.39 Å². The fourth-order valence-electron chi connectivity index (χ4n) is 3.06. The SMILES string of the molecule is OC(c1cccnc1)c1c(-c2ccccc2F)csc1C1CC=CS1. The van der Waals surface area contributed by atoms with Crippen LogP contribution in [0, 0.1) is 5.82 Å². The molecule has 0 amide bonds. The minimum atomic E-state index is -0.828. The molecule has 25 heavy (non-hydrogen) atoms. The van der Waals surface area contributed by atoms with E-state index in [9.17, 15) is 9.50 Å². The van der Waals surface area contributed by atoms with Crippen molar-refractivity contribution in [3.8, 4) is 11.1 Å². The average Bonchev–Trinajstić information content (AvgIpc) is 3.31. The van der Waals surface area contributed by atoms with Crippen LogP contribution in [0.3, 0.4) is 0 Å². The molecule has 1 aliphatic heterocycles. The van der Waals surface area contributed by atoms with Crippen LogP contribution < -0.4 is 0 Å². The predicted molar refractivity (Wildman–Crippen MR) is 102 cm³/mol. The Morgan fingerprint density at radius 3 is 2.76 bits per heavy atom. The molecule has 0 radical (unpaired) electrons. The zero-order valence-corrected chi connectivity index (χ0v) is 14.9. The number of aliphatic hydroxyl groups excluding tert-OH is 1. The van der Waals surface area contributed by atoms with Gasteiger partial charge in [-0.2, -0.15) is 0 Å². The van der Waals surface area contributed by atoms with Gasteiger partial charge in [0.25, 0.3) is 0 Å². The summed E-state index contributed by atoms with van der Waals surface area (Å²) in [4.78, 5) is 5.22. The molecule has 3 aromatic rings. The maximum atomic E-state index is 14.4. The second-order valence-corrected chi connectivity index (χ2v) is 7.85. The van der Waals surface area contributed by atoms with Gasteiger partial charge in [-0.1, -0.05) is 30.3 Å². The standard InChI is InChI=1S/C20H16FNOS2/c21-16-7-2-1-6-14(16)15-12-25-20(17-8-4-10-24-17)18(15)19(23)13-5-3-9-22-11-13/h1-7,9-12,17,19,23H,8H2. The number of aromatic nitrogens is 1. The highest BCUT2D eigenvalue weighted by atomic mass is 32.2. The van der Waals surface area contributed by atoms with E-state index >= 15 is 0 Å². The summed E-state index contributed by atoms with van der Waals surface area (Å²) in [5.41, 5.74) is 2.81. The maximum Gasteiger partial charge on any atom is 0.131 e. The summed E-state index contributed by atoms with van der Waals surface area (Å²) in [6.45, 7) is 0. The summed E-state index contributed by atoms with van der Waals surface area (Å²) >= 11 is 3.34. The summed E-state index contributed by atoms with van der Waals surface area (Å²) in [5, 5.41) is 15.4. The lowest BCUT2D eigenvalue weighted by Gasteiger charge is -2.18. The van der Waals surface area contributed by atoms with E-state index in [-0.39, 0.29) is 11.1 Å². The Morgan fingerprint density at radius 2 is 2.04 bits per heavy atom. The number of hydrogen-bond acceptors (Lipinski definition) is 4. The van der Waals surface area contributed by atoms with Gasteiger partial charge >= 0.3 is 0 Å². The Kier molecular flexibility index (Phi) is 4.70. The van der Waals surface area contributed by atoms with Crippen LogP contribution in [0.1, 0.15) is 33.8 Å².